The summed E-state index contributed by atoms with van der Waals surface area (Å²) < 4.78 is 68.8. The van der Waals surface area contributed by atoms with Gasteiger partial charge >= 0.3 is 16.5 Å². The predicted octanol–water partition coefficient (Wildman–Crippen LogP) is 3.90. The van der Waals surface area contributed by atoms with Crippen LogP contribution >= 0.6 is 0 Å². The molecule has 0 unspecified atom stereocenters. The third kappa shape index (κ3) is 5.66. The third-order valence-electron chi connectivity index (χ3n) is 8.52. The molecule has 2 aromatic heterocycles. The van der Waals surface area contributed by atoms with Crippen molar-refractivity contribution < 1.29 is 36.3 Å². The lowest BCUT2D eigenvalue weighted by molar-refractivity contribution is -0.128. The van der Waals surface area contributed by atoms with E-state index in [-0.39, 0.29) is 22.4 Å². The van der Waals surface area contributed by atoms with Gasteiger partial charge < -0.3 is 24.6 Å². The van der Waals surface area contributed by atoms with Crippen molar-refractivity contribution in [3.63, 3.8) is 0 Å². The monoisotopic (exact) mass is 642 g/mol. The minimum absolute atomic E-state index is 0.0583. The quantitative estimate of drug-likeness (QED) is 0.200. The lowest BCUT2D eigenvalue weighted by atomic mass is 9.87. The summed E-state index contributed by atoms with van der Waals surface area (Å²) in [5, 5.41) is 0. The number of hydrogen-bond acceptors (Lipinski definition) is 10. The number of rotatable bonds is 10. The normalized spacial score (nSPS) is 17.0. The number of imidazole rings is 1. The summed E-state index contributed by atoms with van der Waals surface area (Å²) in [5.41, 5.74) is 8.01. The maximum absolute atomic E-state index is 14.7. The van der Waals surface area contributed by atoms with E-state index in [1.807, 2.05) is 10.6 Å². The van der Waals surface area contributed by atoms with Crippen LogP contribution < -0.4 is 14.9 Å². The molecule has 0 radical (unpaired) electrons. The van der Waals surface area contributed by atoms with Gasteiger partial charge in [-0.25, -0.2) is 18.7 Å². The summed E-state index contributed by atoms with van der Waals surface area (Å²) in [6.07, 6.45) is 5.45. The van der Waals surface area contributed by atoms with E-state index in [4.69, 9.17) is 20.0 Å². The number of anilines is 2. The Morgan fingerprint density at radius 3 is 2.53 bits per heavy atom. The Kier molecular flexibility index (Phi) is 8.33. The zero-order valence-electron chi connectivity index (χ0n) is 24.5. The maximum Gasteiger partial charge on any atom is 0.322 e. The van der Waals surface area contributed by atoms with Gasteiger partial charge in [-0.1, -0.05) is 10.5 Å². The number of halogens is 2. The van der Waals surface area contributed by atoms with Crippen molar-refractivity contribution in [1.29, 1.82) is 0 Å². The van der Waals surface area contributed by atoms with Gasteiger partial charge in [0.15, 0.2) is 10.7 Å². The van der Waals surface area contributed by atoms with Crippen LogP contribution in [-0.2, 0) is 30.9 Å². The van der Waals surface area contributed by atoms with Crippen molar-refractivity contribution >= 4 is 39.2 Å². The van der Waals surface area contributed by atoms with Crippen molar-refractivity contribution in [2.45, 2.75) is 42.7 Å². The van der Waals surface area contributed by atoms with Crippen molar-refractivity contribution in [1.82, 2.24) is 19.4 Å². The highest BCUT2D eigenvalue weighted by atomic mass is 32.2. The van der Waals surface area contributed by atoms with Crippen LogP contribution in [0.15, 0.2) is 53.6 Å². The summed E-state index contributed by atoms with van der Waals surface area (Å²) in [5.74, 6) is -2.18. The van der Waals surface area contributed by atoms with Gasteiger partial charge in [0.2, 0.25) is 11.8 Å². The van der Waals surface area contributed by atoms with Crippen LogP contribution in [0.2, 0.25) is 0 Å². The van der Waals surface area contributed by atoms with E-state index in [9.17, 15) is 22.0 Å². The van der Waals surface area contributed by atoms with Crippen LogP contribution in [0.3, 0.4) is 0 Å². The minimum Gasteiger partial charge on any atom is -0.480 e. The lowest BCUT2D eigenvalue weighted by Gasteiger charge is -2.45. The van der Waals surface area contributed by atoms with E-state index in [1.54, 1.807) is 12.1 Å². The average molecular weight is 643 g/mol. The average Bonchev–Trinajstić information content (AvgIpc) is 3.69. The number of carbonyl (C=O) groups excluding carboxylic acids is 1. The summed E-state index contributed by atoms with van der Waals surface area (Å²) in [6.45, 7) is 3.78. The first-order valence-corrected chi connectivity index (χ1v) is 15.8. The largest absolute Gasteiger partial charge is 0.480 e. The van der Waals surface area contributed by atoms with Gasteiger partial charge in [0, 0.05) is 43.1 Å². The molecule has 45 heavy (non-hydrogen) atoms. The van der Waals surface area contributed by atoms with Crippen molar-refractivity contribution in [3.8, 4) is 17.0 Å². The number of sulfonamides is 1. The molecule has 6 rings (SSSR count). The minimum atomic E-state index is -4.83. The van der Waals surface area contributed by atoms with Crippen molar-refractivity contribution in [2.24, 2.45) is 0 Å². The van der Waals surface area contributed by atoms with Crippen LogP contribution in [-0.4, -0.2) is 73.3 Å². The molecule has 0 atom stereocenters. The number of fused-ring (bicyclic) bond motifs is 1. The van der Waals surface area contributed by atoms with E-state index in [0.29, 0.717) is 48.4 Å². The van der Waals surface area contributed by atoms with E-state index in [0.717, 1.165) is 56.4 Å². The van der Waals surface area contributed by atoms with Gasteiger partial charge in [-0.3, -0.25) is 9.69 Å². The molecule has 2 aliphatic heterocycles. The third-order valence-corrected chi connectivity index (χ3v) is 10.1. The first kappa shape index (κ1) is 30.7. The highest BCUT2D eigenvalue weighted by Crippen LogP contribution is 2.37. The molecule has 12 nitrogen and oxygen atoms in total. The molecule has 2 N–H and O–H groups in total. The maximum atomic E-state index is 14.7. The zero-order valence-corrected chi connectivity index (χ0v) is 25.3. The Morgan fingerprint density at radius 1 is 1.09 bits per heavy atom. The fourth-order valence-electron chi connectivity index (χ4n) is 6.23. The summed E-state index contributed by atoms with van der Waals surface area (Å²) in [7, 11) is -3.62. The van der Waals surface area contributed by atoms with E-state index in [2.05, 4.69) is 14.9 Å². The SMILES string of the molecule is COc1ncc(-c2ccc3nc(N)n(CC4(N5CCCC5)CCOCC4)c3c2)cc1S(=O)(=O)N(OC=O)c1ccc(F)cc1F. The predicted molar refractivity (Wildman–Crippen MR) is 161 cm³/mol. The summed E-state index contributed by atoms with van der Waals surface area (Å²) >= 11 is 0. The van der Waals surface area contributed by atoms with E-state index < -0.39 is 32.2 Å². The molecule has 0 spiro atoms. The molecule has 238 valence electrons. The Morgan fingerprint density at radius 2 is 1.84 bits per heavy atom. The number of hydrogen-bond donors (Lipinski definition) is 1. The van der Waals surface area contributed by atoms with E-state index in [1.165, 1.54) is 19.4 Å². The molecule has 0 saturated carbocycles. The molecule has 4 aromatic rings. The van der Waals surface area contributed by atoms with Crippen molar-refractivity contribution in [3.05, 3.63) is 60.3 Å². The van der Waals surface area contributed by atoms with Crippen LogP contribution in [0.25, 0.3) is 22.2 Å². The van der Waals surface area contributed by atoms with Gasteiger partial charge in [-0.15, -0.1) is 0 Å². The highest BCUT2D eigenvalue weighted by Gasteiger charge is 2.41. The Bertz CT molecular complexity index is 1840. The fraction of sp³-hybridized carbons (Fsp3) is 0.367. The Balaban J connectivity index is 1.42. The number of ether oxygens (including phenoxy) is 2. The van der Waals surface area contributed by atoms with Crippen molar-refractivity contribution in [2.75, 3.05) is 43.6 Å². The molecule has 2 aliphatic rings. The van der Waals surface area contributed by atoms with Gasteiger partial charge in [0.1, 0.15) is 11.5 Å². The Hall–Kier alpha value is -4.34. The highest BCUT2D eigenvalue weighted by molar-refractivity contribution is 7.92. The topological polar surface area (TPSA) is 142 Å². The van der Waals surface area contributed by atoms with Crippen LogP contribution in [0, 0.1) is 11.6 Å². The molecular formula is C30H32F2N6O6S. The number of aromatic nitrogens is 3. The second-order valence-electron chi connectivity index (χ2n) is 11.1. The molecule has 2 fully saturated rings. The standard InChI is InChI=1S/C30H32F2N6O6S/c1-42-28-27(45(40,41)38(44-19-39)25-7-5-22(31)16-23(25)32)15-21(17-34-28)20-4-6-24-26(14-20)37(29(33)35-24)18-30(8-12-43-13-9-30)36-10-2-3-11-36/h4-7,14-17,19H,2-3,8-13,18H2,1H3,(H2,33,35). The number of pyridine rings is 1. The Labute approximate surface area is 258 Å². The number of carbonyl (C=O) groups is 1. The molecule has 4 heterocycles. The molecule has 2 aromatic carbocycles. The number of nitrogen functional groups attached to an aromatic ring is 1. The molecule has 2 saturated heterocycles. The van der Waals surface area contributed by atoms with Gasteiger partial charge in [-0.2, -0.15) is 8.42 Å². The second kappa shape index (κ2) is 12.2. The number of nitrogens with two attached hydrogens (primary N) is 1. The zero-order chi connectivity index (χ0) is 31.8. The number of methoxy groups -OCH3 is 1. The first-order valence-electron chi connectivity index (χ1n) is 14.4. The van der Waals surface area contributed by atoms with Gasteiger partial charge in [0.05, 0.1) is 18.1 Å². The summed E-state index contributed by atoms with van der Waals surface area (Å²) in [6, 6.07) is 8.81. The van der Waals surface area contributed by atoms with Crippen LogP contribution in [0.4, 0.5) is 20.4 Å². The van der Waals surface area contributed by atoms with Gasteiger partial charge in [0.25, 0.3) is 0 Å². The number of likely N-dealkylation sites (tertiary alicyclic amines) is 1. The number of nitrogens with zero attached hydrogens (tertiary/aromatic N) is 5. The molecular weight excluding hydrogens is 610 g/mol. The smallest absolute Gasteiger partial charge is 0.322 e. The second-order valence-corrected chi connectivity index (χ2v) is 12.8. The van der Waals surface area contributed by atoms with Crippen LogP contribution in [0.1, 0.15) is 25.7 Å². The fourth-order valence-corrected chi connectivity index (χ4v) is 7.59. The molecule has 0 aliphatic carbocycles. The lowest BCUT2D eigenvalue weighted by Crippen LogP contribution is -2.53. The molecule has 0 amide bonds. The molecule has 0 bridgehead atoms. The van der Waals surface area contributed by atoms with Crippen LogP contribution in [0.5, 0.6) is 5.88 Å². The number of benzene rings is 2. The van der Waals surface area contributed by atoms with E-state index >= 15 is 0 Å². The molecule has 15 heteroatoms. The first-order chi connectivity index (χ1) is 21.7. The van der Waals surface area contributed by atoms with Gasteiger partial charge in [-0.05, 0) is 74.7 Å². The summed E-state index contributed by atoms with van der Waals surface area (Å²) in [4.78, 5) is 26.8.